The second-order valence-corrected chi connectivity index (χ2v) is 5.75. The van der Waals surface area contributed by atoms with E-state index in [0.717, 1.165) is 22.0 Å². The quantitative estimate of drug-likeness (QED) is 0.836. The number of halogens is 1. The molecule has 0 radical (unpaired) electrons. The Morgan fingerprint density at radius 1 is 1.00 bits per heavy atom. The van der Waals surface area contributed by atoms with E-state index in [1.165, 1.54) is 5.56 Å². The predicted octanol–water partition coefficient (Wildman–Crippen LogP) is 5.04. The van der Waals surface area contributed by atoms with Gasteiger partial charge >= 0.3 is 0 Å². The molecule has 0 saturated carbocycles. The zero-order valence-corrected chi connectivity index (χ0v) is 12.9. The molecule has 2 aromatic carbocycles. The van der Waals surface area contributed by atoms with Crippen molar-refractivity contribution >= 4 is 15.9 Å². The fourth-order valence-electron chi connectivity index (χ4n) is 2.12. The third kappa shape index (κ3) is 3.26. The van der Waals surface area contributed by atoms with Gasteiger partial charge in [-0.2, -0.15) is 0 Å². The van der Waals surface area contributed by atoms with Gasteiger partial charge in [-0.25, -0.2) is 0 Å². The van der Waals surface area contributed by atoms with Crippen molar-refractivity contribution in [3.8, 4) is 0 Å². The molecule has 2 unspecified atom stereocenters. The van der Waals surface area contributed by atoms with Crippen LogP contribution in [0.15, 0.2) is 53.0 Å². The van der Waals surface area contributed by atoms with E-state index >= 15 is 0 Å². The van der Waals surface area contributed by atoms with Crippen molar-refractivity contribution in [1.29, 1.82) is 0 Å². The van der Waals surface area contributed by atoms with Gasteiger partial charge < -0.3 is 5.11 Å². The molecular formula is C17H19BrO. The Bertz CT molecular complexity index is 533. The molecule has 100 valence electrons. The molecule has 0 amide bonds. The van der Waals surface area contributed by atoms with Crippen LogP contribution in [0, 0.1) is 0 Å². The van der Waals surface area contributed by atoms with Gasteiger partial charge in [-0.05, 0) is 35.1 Å². The summed E-state index contributed by atoms with van der Waals surface area (Å²) in [7, 11) is 0. The van der Waals surface area contributed by atoms with Crippen molar-refractivity contribution in [2.75, 3.05) is 0 Å². The first-order chi connectivity index (χ1) is 9.13. The van der Waals surface area contributed by atoms with E-state index < -0.39 is 6.10 Å². The minimum absolute atomic E-state index is 0.564. The first-order valence-corrected chi connectivity index (χ1v) is 7.45. The summed E-state index contributed by atoms with van der Waals surface area (Å²) in [5, 5.41) is 10.4. The van der Waals surface area contributed by atoms with Crippen LogP contribution < -0.4 is 0 Å². The van der Waals surface area contributed by atoms with Crippen LogP contribution in [0.2, 0.25) is 0 Å². The highest BCUT2D eigenvalue weighted by Gasteiger charge is 2.13. The van der Waals surface area contributed by atoms with Crippen LogP contribution in [0.1, 0.15) is 49.0 Å². The van der Waals surface area contributed by atoms with Gasteiger partial charge in [0.25, 0.3) is 0 Å². The van der Waals surface area contributed by atoms with Gasteiger partial charge in [-0.15, -0.1) is 0 Å². The van der Waals surface area contributed by atoms with E-state index in [-0.39, 0.29) is 0 Å². The Labute approximate surface area is 123 Å². The molecule has 0 bridgehead atoms. The largest absolute Gasteiger partial charge is 0.384 e. The highest BCUT2D eigenvalue weighted by atomic mass is 79.9. The minimum atomic E-state index is -0.582. The molecule has 1 nitrogen and oxygen atoms in total. The van der Waals surface area contributed by atoms with Crippen LogP contribution in [-0.4, -0.2) is 5.11 Å². The Balaban J connectivity index is 2.25. The van der Waals surface area contributed by atoms with E-state index in [4.69, 9.17) is 0 Å². The molecule has 2 rings (SSSR count). The van der Waals surface area contributed by atoms with Crippen LogP contribution in [0.25, 0.3) is 0 Å². The molecule has 0 fully saturated rings. The molecule has 2 aromatic rings. The highest BCUT2D eigenvalue weighted by molar-refractivity contribution is 9.10. The topological polar surface area (TPSA) is 20.2 Å². The van der Waals surface area contributed by atoms with E-state index in [9.17, 15) is 5.11 Å². The SMILES string of the molecule is CCC(C)c1ccc(C(O)c2ccccc2Br)cc1. The number of aliphatic hydroxyl groups excluding tert-OH is 1. The van der Waals surface area contributed by atoms with Gasteiger partial charge in [0.05, 0.1) is 0 Å². The Hall–Kier alpha value is -1.12. The number of aliphatic hydroxyl groups is 1. The summed E-state index contributed by atoms with van der Waals surface area (Å²) in [6.07, 6.45) is 0.549. The maximum Gasteiger partial charge on any atom is 0.105 e. The first kappa shape index (κ1) is 14.3. The zero-order valence-electron chi connectivity index (χ0n) is 11.3. The number of hydrogen-bond donors (Lipinski definition) is 1. The smallest absolute Gasteiger partial charge is 0.105 e. The lowest BCUT2D eigenvalue weighted by Gasteiger charge is -2.15. The summed E-state index contributed by atoms with van der Waals surface area (Å²) < 4.78 is 0.938. The van der Waals surface area contributed by atoms with E-state index in [1.54, 1.807) is 0 Å². The summed E-state index contributed by atoms with van der Waals surface area (Å²) >= 11 is 3.48. The molecule has 0 heterocycles. The lowest BCUT2D eigenvalue weighted by molar-refractivity contribution is 0.219. The second-order valence-electron chi connectivity index (χ2n) is 4.90. The van der Waals surface area contributed by atoms with Crippen LogP contribution in [0.4, 0.5) is 0 Å². The third-order valence-electron chi connectivity index (χ3n) is 3.63. The second kappa shape index (κ2) is 6.36. The molecule has 0 aromatic heterocycles. The molecule has 2 heteroatoms. The van der Waals surface area contributed by atoms with E-state index in [1.807, 2.05) is 36.4 Å². The Morgan fingerprint density at radius 2 is 1.58 bits per heavy atom. The summed E-state index contributed by atoms with van der Waals surface area (Å²) in [6, 6.07) is 16.1. The fraction of sp³-hybridized carbons (Fsp3) is 0.294. The fourth-order valence-corrected chi connectivity index (χ4v) is 2.62. The Morgan fingerprint density at radius 3 is 2.16 bits per heavy atom. The van der Waals surface area contributed by atoms with Crippen molar-refractivity contribution in [3.05, 3.63) is 69.7 Å². The van der Waals surface area contributed by atoms with Gasteiger partial charge in [-0.1, -0.05) is 72.2 Å². The molecule has 0 aliphatic rings. The molecule has 0 saturated heterocycles. The van der Waals surface area contributed by atoms with Crippen LogP contribution in [-0.2, 0) is 0 Å². The van der Waals surface area contributed by atoms with Gasteiger partial charge in [0, 0.05) is 4.47 Å². The molecule has 0 spiro atoms. The summed E-state index contributed by atoms with van der Waals surface area (Å²) in [5.41, 5.74) is 3.16. The van der Waals surface area contributed by atoms with Crippen LogP contribution in [0.5, 0.6) is 0 Å². The average molecular weight is 319 g/mol. The lowest BCUT2D eigenvalue weighted by atomic mass is 9.95. The monoisotopic (exact) mass is 318 g/mol. The van der Waals surface area contributed by atoms with Crippen LogP contribution in [0.3, 0.4) is 0 Å². The number of benzene rings is 2. The van der Waals surface area contributed by atoms with Crippen molar-refractivity contribution < 1.29 is 5.11 Å². The van der Waals surface area contributed by atoms with Gasteiger partial charge in [0.2, 0.25) is 0 Å². The zero-order chi connectivity index (χ0) is 13.8. The summed E-state index contributed by atoms with van der Waals surface area (Å²) in [4.78, 5) is 0. The summed E-state index contributed by atoms with van der Waals surface area (Å²) in [5.74, 6) is 0.564. The van der Waals surface area contributed by atoms with Gasteiger partial charge in [0.15, 0.2) is 0 Å². The maximum absolute atomic E-state index is 10.4. The highest BCUT2D eigenvalue weighted by Crippen LogP contribution is 2.29. The van der Waals surface area contributed by atoms with Gasteiger partial charge in [-0.3, -0.25) is 0 Å². The average Bonchev–Trinajstić information content (AvgIpc) is 2.46. The molecule has 19 heavy (non-hydrogen) atoms. The molecule has 2 atom stereocenters. The van der Waals surface area contributed by atoms with Crippen molar-refractivity contribution in [1.82, 2.24) is 0 Å². The minimum Gasteiger partial charge on any atom is -0.384 e. The molecule has 0 aliphatic heterocycles. The van der Waals surface area contributed by atoms with E-state index in [2.05, 4.69) is 41.9 Å². The van der Waals surface area contributed by atoms with Gasteiger partial charge in [0.1, 0.15) is 6.10 Å². The van der Waals surface area contributed by atoms with Crippen molar-refractivity contribution in [2.45, 2.75) is 32.3 Å². The standard InChI is InChI=1S/C17H19BrO/c1-3-12(2)13-8-10-14(11-9-13)17(19)15-6-4-5-7-16(15)18/h4-12,17,19H,3H2,1-2H3. The maximum atomic E-state index is 10.4. The first-order valence-electron chi connectivity index (χ1n) is 6.65. The number of rotatable bonds is 4. The van der Waals surface area contributed by atoms with Crippen LogP contribution >= 0.6 is 15.9 Å². The Kier molecular flexibility index (Phi) is 4.78. The lowest BCUT2D eigenvalue weighted by Crippen LogP contribution is -2.01. The molecular weight excluding hydrogens is 300 g/mol. The third-order valence-corrected chi connectivity index (χ3v) is 4.36. The summed E-state index contributed by atoms with van der Waals surface area (Å²) in [6.45, 7) is 4.41. The molecule has 0 aliphatic carbocycles. The molecule has 1 N–H and O–H groups in total. The normalized spacial score (nSPS) is 14.1. The number of hydrogen-bond acceptors (Lipinski definition) is 1. The van der Waals surface area contributed by atoms with Crippen molar-refractivity contribution in [2.24, 2.45) is 0 Å². The predicted molar refractivity (Wildman–Crippen MR) is 83.4 cm³/mol. The van der Waals surface area contributed by atoms with Crippen molar-refractivity contribution in [3.63, 3.8) is 0 Å². The van der Waals surface area contributed by atoms with E-state index in [0.29, 0.717) is 5.92 Å².